The van der Waals surface area contributed by atoms with Crippen LogP contribution in [-0.4, -0.2) is 24.5 Å². The number of hydrogen-bond acceptors (Lipinski definition) is 6. The summed E-state index contributed by atoms with van der Waals surface area (Å²) in [5.74, 6) is -1.65. The van der Waals surface area contributed by atoms with E-state index in [0.717, 1.165) is 6.08 Å². The van der Waals surface area contributed by atoms with E-state index < -0.39 is 11.9 Å². The van der Waals surface area contributed by atoms with Crippen molar-refractivity contribution in [3.63, 3.8) is 0 Å². The Morgan fingerprint density at radius 2 is 1.85 bits per heavy atom. The lowest BCUT2D eigenvalue weighted by atomic mass is 10.1. The lowest BCUT2D eigenvalue weighted by molar-refractivity contribution is -0.297. The predicted octanol–water partition coefficient (Wildman–Crippen LogP) is -0.138. The maximum atomic E-state index is 11.5. The highest BCUT2D eigenvalue weighted by Gasteiger charge is 2.19. The first kappa shape index (κ1) is 13.6. The molecule has 0 saturated carbocycles. The molecule has 0 radical (unpaired) electrons. The van der Waals surface area contributed by atoms with Crippen LogP contribution in [0, 0.1) is 0 Å². The van der Waals surface area contributed by atoms with Crippen molar-refractivity contribution < 1.29 is 29.0 Å². The van der Waals surface area contributed by atoms with E-state index in [-0.39, 0.29) is 23.8 Å². The van der Waals surface area contributed by atoms with E-state index in [0.29, 0.717) is 17.6 Å². The molecule has 2 rings (SSSR count). The maximum Gasteiger partial charge on any atom is 0.248 e. The Morgan fingerprint density at radius 1 is 1.20 bits per heavy atom. The largest absolute Gasteiger partial charge is 0.545 e. The van der Waals surface area contributed by atoms with Crippen LogP contribution in [0.3, 0.4) is 0 Å². The number of amides is 1. The lowest BCUT2D eigenvalue weighted by Crippen LogP contribution is -2.20. The first-order valence-corrected chi connectivity index (χ1v) is 5.62. The molecular weight excluding hydrogens is 266 g/mol. The van der Waals surface area contributed by atoms with Crippen molar-refractivity contribution in [3.8, 4) is 11.5 Å². The summed E-state index contributed by atoms with van der Waals surface area (Å²) < 4.78 is 10.3. The SMILES string of the molecule is CC(=O)c1cc2c(cc1NC(=O)C=CC(=O)[O-])OCO2. The second-order valence-electron chi connectivity index (χ2n) is 3.95. The first-order chi connectivity index (χ1) is 9.47. The molecule has 0 atom stereocenters. The summed E-state index contributed by atoms with van der Waals surface area (Å²) >= 11 is 0. The second-order valence-corrected chi connectivity index (χ2v) is 3.95. The van der Waals surface area contributed by atoms with Crippen molar-refractivity contribution in [2.24, 2.45) is 0 Å². The van der Waals surface area contributed by atoms with Crippen molar-refractivity contribution in [1.82, 2.24) is 0 Å². The number of carbonyl (C=O) groups is 3. The molecule has 1 aliphatic rings. The average molecular weight is 276 g/mol. The Balaban J connectivity index is 2.28. The Kier molecular flexibility index (Phi) is 3.69. The van der Waals surface area contributed by atoms with Crippen LogP contribution in [0.1, 0.15) is 17.3 Å². The molecule has 104 valence electrons. The summed E-state index contributed by atoms with van der Waals surface area (Å²) in [7, 11) is 0. The summed E-state index contributed by atoms with van der Waals surface area (Å²) in [6.07, 6.45) is 1.39. The molecule has 0 bridgehead atoms. The van der Waals surface area contributed by atoms with Gasteiger partial charge < -0.3 is 24.7 Å². The van der Waals surface area contributed by atoms with Crippen molar-refractivity contribution in [1.29, 1.82) is 0 Å². The van der Waals surface area contributed by atoms with Gasteiger partial charge in [-0.2, -0.15) is 0 Å². The molecule has 7 nitrogen and oxygen atoms in total. The molecule has 0 saturated heterocycles. The van der Waals surface area contributed by atoms with Crippen LogP contribution in [0.2, 0.25) is 0 Å². The monoisotopic (exact) mass is 276 g/mol. The quantitative estimate of drug-likeness (QED) is 0.606. The second kappa shape index (κ2) is 5.43. The number of benzene rings is 1. The van der Waals surface area contributed by atoms with Gasteiger partial charge in [0.15, 0.2) is 17.3 Å². The molecule has 0 fully saturated rings. The lowest BCUT2D eigenvalue weighted by Gasteiger charge is -2.09. The molecule has 1 heterocycles. The number of carboxylic acid groups (broad SMARTS) is 1. The number of carboxylic acids is 1. The molecule has 20 heavy (non-hydrogen) atoms. The number of aliphatic carboxylic acids is 1. The number of hydrogen-bond donors (Lipinski definition) is 1. The van der Waals surface area contributed by atoms with E-state index in [1.54, 1.807) is 0 Å². The summed E-state index contributed by atoms with van der Waals surface area (Å²) in [4.78, 5) is 33.3. The van der Waals surface area contributed by atoms with Gasteiger partial charge >= 0.3 is 0 Å². The molecular formula is C13H10NO6-. The van der Waals surface area contributed by atoms with Crippen LogP contribution >= 0.6 is 0 Å². The molecule has 0 aromatic heterocycles. The van der Waals surface area contributed by atoms with Gasteiger partial charge in [-0.05, 0) is 19.1 Å². The zero-order valence-electron chi connectivity index (χ0n) is 10.5. The molecule has 7 heteroatoms. The van der Waals surface area contributed by atoms with Crippen LogP contribution in [-0.2, 0) is 9.59 Å². The van der Waals surface area contributed by atoms with Crippen LogP contribution in [0.25, 0.3) is 0 Å². The molecule has 0 unspecified atom stereocenters. The molecule has 0 spiro atoms. The topological polar surface area (TPSA) is 105 Å². The number of fused-ring (bicyclic) bond motifs is 1. The number of ether oxygens (including phenoxy) is 2. The summed E-state index contributed by atoms with van der Waals surface area (Å²) in [5.41, 5.74) is 0.458. The van der Waals surface area contributed by atoms with Gasteiger partial charge in [0.1, 0.15) is 0 Å². The van der Waals surface area contributed by atoms with Crippen molar-refractivity contribution in [3.05, 3.63) is 29.8 Å². The van der Waals surface area contributed by atoms with Gasteiger partial charge in [-0.3, -0.25) is 9.59 Å². The number of Topliss-reactive ketones (excluding diaryl/α,β-unsaturated/α-hetero) is 1. The standard InChI is InChI=1S/C13H11NO6/c1-7(15)8-4-10-11(20-6-19-10)5-9(8)14-12(16)2-3-13(17)18/h2-5H,6H2,1H3,(H,14,16)(H,17,18)/p-1. The van der Waals surface area contributed by atoms with E-state index in [1.165, 1.54) is 19.1 Å². The van der Waals surface area contributed by atoms with Gasteiger partial charge in [-0.15, -0.1) is 0 Å². The first-order valence-electron chi connectivity index (χ1n) is 5.62. The van der Waals surface area contributed by atoms with Gasteiger partial charge in [-0.1, -0.05) is 0 Å². The van der Waals surface area contributed by atoms with Gasteiger partial charge in [0, 0.05) is 17.7 Å². The fourth-order valence-electron chi connectivity index (χ4n) is 1.65. The predicted molar refractivity (Wildman–Crippen MR) is 65.3 cm³/mol. The number of carbonyl (C=O) groups excluding carboxylic acids is 3. The van der Waals surface area contributed by atoms with Gasteiger partial charge in [0.25, 0.3) is 0 Å². The Bertz CT molecular complexity index is 620. The minimum absolute atomic E-state index is 0.0364. The van der Waals surface area contributed by atoms with Crippen LogP contribution in [0.5, 0.6) is 11.5 Å². The van der Waals surface area contributed by atoms with E-state index in [1.807, 2.05) is 0 Å². The van der Waals surface area contributed by atoms with Gasteiger partial charge in [0.05, 0.1) is 11.7 Å². The Hall–Kier alpha value is -2.83. The number of ketones is 1. The highest BCUT2D eigenvalue weighted by molar-refractivity contribution is 6.08. The third kappa shape index (κ3) is 2.94. The molecule has 1 aromatic carbocycles. The number of nitrogens with one attached hydrogen (secondary N) is 1. The average Bonchev–Trinajstić information content (AvgIpc) is 2.82. The van der Waals surface area contributed by atoms with E-state index in [9.17, 15) is 19.5 Å². The Morgan fingerprint density at radius 3 is 2.45 bits per heavy atom. The molecule has 0 aliphatic carbocycles. The van der Waals surface area contributed by atoms with Crippen molar-refractivity contribution in [2.45, 2.75) is 6.92 Å². The normalized spacial score (nSPS) is 12.4. The number of anilines is 1. The molecule has 1 aromatic rings. The minimum atomic E-state index is -1.49. The number of rotatable bonds is 4. The third-order valence-corrected chi connectivity index (χ3v) is 2.52. The summed E-state index contributed by atoms with van der Waals surface area (Å²) in [6.45, 7) is 1.37. The van der Waals surface area contributed by atoms with E-state index >= 15 is 0 Å². The zero-order valence-corrected chi connectivity index (χ0v) is 10.5. The molecule has 1 aliphatic heterocycles. The Labute approximate surface area is 113 Å². The fourth-order valence-corrected chi connectivity index (χ4v) is 1.65. The minimum Gasteiger partial charge on any atom is -0.545 e. The van der Waals surface area contributed by atoms with Gasteiger partial charge in [0.2, 0.25) is 12.7 Å². The van der Waals surface area contributed by atoms with E-state index in [2.05, 4.69) is 5.32 Å². The summed E-state index contributed by atoms with van der Waals surface area (Å²) in [6, 6.07) is 2.91. The fraction of sp³-hybridized carbons (Fsp3) is 0.154. The maximum absolute atomic E-state index is 11.5. The zero-order chi connectivity index (χ0) is 14.7. The van der Waals surface area contributed by atoms with Crippen LogP contribution in [0.15, 0.2) is 24.3 Å². The third-order valence-electron chi connectivity index (χ3n) is 2.52. The van der Waals surface area contributed by atoms with Crippen molar-refractivity contribution >= 4 is 23.3 Å². The molecule has 1 amide bonds. The van der Waals surface area contributed by atoms with Crippen LogP contribution < -0.4 is 19.9 Å². The molecule has 1 N–H and O–H groups in total. The van der Waals surface area contributed by atoms with E-state index in [4.69, 9.17) is 9.47 Å². The van der Waals surface area contributed by atoms with Gasteiger partial charge in [-0.25, -0.2) is 0 Å². The highest BCUT2D eigenvalue weighted by atomic mass is 16.7. The van der Waals surface area contributed by atoms with Crippen LogP contribution in [0.4, 0.5) is 5.69 Å². The summed E-state index contributed by atoms with van der Waals surface area (Å²) in [5, 5.41) is 12.6. The smallest absolute Gasteiger partial charge is 0.248 e. The van der Waals surface area contributed by atoms with Crippen molar-refractivity contribution in [2.75, 3.05) is 12.1 Å². The highest BCUT2D eigenvalue weighted by Crippen LogP contribution is 2.37.